The Morgan fingerprint density at radius 1 is 0.508 bits per heavy atom. The molecule has 0 heterocycles. The first-order valence-corrected chi connectivity index (χ1v) is 24.5. The summed E-state index contributed by atoms with van der Waals surface area (Å²) >= 11 is 0. The van der Waals surface area contributed by atoms with Gasteiger partial charge < -0.3 is 28.6 Å². The number of ether oxygens (including phenoxy) is 3. The van der Waals surface area contributed by atoms with Gasteiger partial charge in [-0.25, -0.2) is 0 Å². The van der Waals surface area contributed by atoms with Gasteiger partial charge in [0.25, 0.3) is 0 Å². The van der Waals surface area contributed by atoms with Gasteiger partial charge in [-0.05, 0) is 51.4 Å². The van der Waals surface area contributed by atoms with Gasteiger partial charge in [-0.15, -0.1) is 0 Å². The first kappa shape index (κ1) is 57.8. The van der Waals surface area contributed by atoms with Crippen molar-refractivity contribution in [2.75, 3.05) is 41.0 Å². The Morgan fingerprint density at radius 3 is 1.33 bits per heavy atom. The number of quaternary nitrogens is 1. The van der Waals surface area contributed by atoms with Gasteiger partial charge in [-0.3, -0.25) is 9.59 Å². The summed E-state index contributed by atoms with van der Waals surface area (Å²) in [4.78, 5) is 36.9. The molecule has 0 spiro atoms. The van der Waals surface area contributed by atoms with E-state index in [9.17, 15) is 19.5 Å². The highest BCUT2D eigenvalue weighted by molar-refractivity contribution is 5.70. The predicted octanol–water partition coefficient (Wildman–Crippen LogP) is 12.6. The molecule has 8 heteroatoms. The number of allylic oxidation sites excluding steroid dienone is 12. The lowest BCUT2D eigenvalue weighted by atomic mass is 10.0. The summed E-state index contributed by atoms with van der Waals surface area (Å²) in [6, 6.07) is -0.741. The number of carbonyl (C=O) groups excluding carboxylic acids is 3. The van der Waals surface area contributed by atoms with Crippen LogP contribution in [-0.2, 0) is 28.6 Å². The summed E-state index contributed by atoms with van der Waals surface area (Å²) in [5.74, 6) is -1.84. The van der Waals surface area contributed by atoms with Crippen LogP contribution in [0, 0.1) is 0 Å². The average molecular weight is 854 g/mol. The molecule has 0 aromatic carbocycles. The molecule has 0 radical (unpaired) electrons. The lowest BCUT2D eigenvalue weighted by Gasteiger charge is -2.34. The van der Waals surface area contributed by atoms with Crippen LogP contribution in [0.2, 0.25) is 0 Å². The van der Waals surface area contributed by atoms with Crippen molar-refractivity contribution in [3.8, 4) is 0 Å². The zero-order chi connectivity index (χ0) is 44.9. The Balaban J connectivity index is 4.39. The largest absolute Gasteiger partial charge is 0.544 e. The van der Waals surface area contributed by atoms with E-state index in [2.05, 4.69) is 74.6 Å². The van der Waals surface area contributed by atoms with Gasteiger partial charge in [0, 0.05) is 19.3 Å². The van der Waals surface area contributed by atoms with Gasteiger partial charge in [0.05, 0.1) is 40.3 Å². The number of hydrogen-bond acceptors (Lipinski definition) is 7. The zero-order valence-electron chi connectivity index (χ0n) is 39.8. The van der Waals surface area contributed by atoms with Crippen LogP contribution in [0.1, 0.15) is 194 Å². The molecular formula is C53H91NO7. The fraction of sp³-hybridized carbons (Fsp3) is 0.717. The van der Waals surface area contributed by atoms with E-state index >= 15 is 0 Å². The SMILES string of the molecule is CC/C=C/C/C=C/C/C=C/C/C=C/C/C=C/C/C=C/CCC(=O)OC(COCCC(C(=O)[O-])[N+](C)(C)C)COC(=O)CCCCCCCCCCCCCCCCCCCC. The normalized spacial score (nSPS) is 13.5. The molecule has 2 unspecified atom stereocenters. The van der Waals surface area contributed by atoms with Crippen LogP contribution in [0.3, 0.4) is 0 Å². The van der Waals surface area contributed by atoms with Crippen LogP contribution >= 0.6 is 0 Å². The predicted molar refractivity (Wildman–Crippen MR) is 254 cm³/mol. The van der Waals surface area contributed by atoms with Gasteiger partial charge >= 0.3 is 11.9 Å². The summed E-state index contributed by atoms with van der Waals surface area (Å²) < 4.78 is 17.1. The second kappa shape index (κ2) is 43.4. The maximum absolute atomic E-state index is 12.7. The van der Waals surface area contributed by atoms with E-state index in [1.165, 1.54) is 96.3 Å². The van der Waals surface area contributed by atoms with Crippen LogP contribution in [0.4, 0.5) is 0 Å². The molecule has 0 amide bonds. The topological polar surface area (TPSA) is 102 Å². The van der Waals surface area contributed by atoms with Crippen molar-refractivity contribution in [2.24, 2.45) is 0 Å². The number of unbranched alkanes of at least 4 members (excludes halogenated alkanes) is 17. The van der Waals surface area contributed by atoms with Crippen LogP contribution in [0.5, 0.6) is 0 Å². The minimum Gasteiger partial charge on any atom is -0.544 e. The quantitative estimate of drug-likeness (QED) is 0.0260. The van der Waals surface area contributed by atoms with Gasteiger partial charge in [-0.1, -0.05) is 196 Å². The number of nitrogens with zero attached hydrogens (tertiary/aromatic N) is 1. The third kappa shape index (κ3) is 41.9. The van der Waals surface area contributed by atoms with Gasteiger partial charge in [0.1, 0.15) is 12.6 Å². The Labute approximate surface area is 374 Å². The van der Waals surface area contributed by atoms with Crippen LogP contribution in [0.25, 0.3) is 0 Å². The summed E-state index contributed by atoms with van der Waals surface area (Å²) in [6.45, 7) is 4.48. The Morgan fingerprint density at radius 2 is 0.918 bits per heavy atom. The Kier molecular flexibility index (Phi) is 41.1. The van der Waals surface area contributed by atoms with Gasteiger partial charge in [-0.2, -0.15) is 0 Å². The van der Waals surface area contributed by atoms with Crippen molar-refractivity contribution in [1.82, 2.24) is 0 Å². The number of carboxylic acids is 1. The Bertz CT molecular complexity index is 1230. The molecule has 0 N–H and O–H groups in total. The number of likely N-dealkylation sites (N-methyl/N-ethyl adjacent to an activating group) is 1. The highest BCUT2D eigenvalue weighted by Gasteiger charge is 2.25. The maximum atomic E-state index is 12.7. The number of aliphatic carboxylic acids is 1. The molecule has 0 rings (SSSR count). The van der Waals surface area contributed by atoms with E-state index < -0.39 is 24.1 Å². The first-order chi connectivity index (χ1) is 29.6. The van der Waals surface area contributed by atoms with Crippen molar-refractivity contribution in [2.45, 2.75) is 206 Å². The van der Waals surface area contributed by atoms with E-state index in [0.29, 0.717) is 12.8 Å². The maximum Gasteiger partial charge on any atom is 0.306 e. The molecule has 2 atom stereocenters. The molecule has 0 bridgehead atoms. The summed E-state index contributed by atoms with van der Waals surface area (Å²) in [5, 5.41) is 11.6. The van der Waals surface area contributed by atoms with Crippen LogP contribution in [-0.4, -0.2) is 75.5 Å². The van der Waals surface area contributed by atoms with Gasteiger partial charge in [0.2, 0.25) is 0 Å². The summed E-state index contributed by atoms with van der Waals surface area (Å²) in [5.41, 5.74) is 0. The van der Waals surface area contributed by atoms with E-state index in [-0.39, 0.29) is 43.1 Å². The van der Waals surface area contributed by atoms with E-state index in [0.717, 1.165) is 57.8 Å². The summed E-state index contributed by atoms with van der Waals surface area (Å²) in [6.07, 6.45) is 55.2. The van der Waals surface area contributed by atoms with Crippen LogP contribution in [0.15, 0.2) is 72.9 Å². The lowest BCUT2D eigenvalue weighted by Crippen LogP contribution is -2.55. The minimum absolute atomic E-state index is 0.00896. The standard InChI is InChI=1S/C53H91NO7/c1-6-8-10-12-14-16-18-20-22-24-26-28-30-32-34-36-38-40-42-44-52(56)61-49(47-59-46-45-50(53(57)58)54(3,4)5)48-60-51(55)43-41-39-37-35-33-31-29-27-25-23-21-19-17-15-13-11-9-7-2/h8,10,14,16,20,22,26,28,32,34,38,40,49-50H,6-7,9,11-13,15,17-19,21,23-25,27,29-31,33,35-37,39,41-48H2,1-5H3/b10-8+,16-14+,22-20+,28-26+,34-32+,40-38+. The molecule has 61 heavy (non-hydrogen) atoms. The average Bonchev–Trinajstić information content (AvgIpc) is 3.22. The van der Waals surface area contributed by atoms with E-state index in [1.54, 1.807) is 21.1 Å². The smallest absolute Gasteiger partial charge is 0.306 e. The number of carboxylic acid groups (broad SMARTS) is 1. The third-order valence-corrected chi connectivity index (χ3v) is 10.6. The Hall–Kier alpha value is -3.23. The van der Waals surface area contributed by atoms with Crippen molar-refractivity contribution in [1.29, 1.82) is 0 Å². The van der Waals surface area contributed by atoms with Crippen molar-refractivity contribution < 1.29 is 38.2 Å². The number of carbonyl (C=O) groups is 3. The summed E-state index contributed by atoms with van der Waals surface area (Å²) in [7, 11) is 5.38. The molecule has 0 aliphatic rings. The molecule has 0 aromatic heterocycles. The number of rotatable bonds is 43. The fourth-order valence-electron chi connectivity index (χ4n) is 6.86. The minimum atomic E-state index is -1.14. The van der Waals surface area contributed by atoms with Crippen molar-refractivity contribution in [3.63, 3.8) is 0 Å². The number of hydrogen-bond donors (Lipinski definition) is 0. The molecule has 0 aromatic rings. The second-order valence-electron chi connectivity index (χ2n) is 17.3. The van der Waals surface area contributed by atoms with Gasteiger partial charge in [0.15, 0.2) is 6.10 Å². The molecule has 0 saturated heterocycles. The molecular weight excluding hydrogens is 763 g/mol. The van der Waals surface area contributed by atoms with Crippen LogP contribution < -0.4 is 5.11 Å². The molecule has 350 valence electrons. The van der Waals surface area contributed by atoms with E-state index in [1.807, 2.05) is 12.2 Å². The number of esters is 2. The monoisotopic (exact) mass is 854 g/mol. The zero-order valence-corrected chi connectivity index (χ0v) is 39.8. The van der Waals surface area contributed by atoms with Crippen molar-refractivity contribution >= 4 is 17.9 Å². The molecule has 0 fully saturated rings. The van der Waals surface area contributed by atoms with E-state index in [4.69, 9.17) is 14.2 Å². The molecule has 0 saturated carbocycles. The second-order valence-corrected chi connectivity index (χ2v) is 17.3. The molecule has 0 aliphatic carbocycles. The highest BCUT2D eigenvalue weighted by atomic mass is 16.6. The third-order valence-electron chi connectivity index (χ3n) is 10.6. The highest BCUT2D eigenvalue weighted by Crippen LogP contribution is 2.15. The lowest BCUT2D eigenvalue weighted by molar-refractivity contribution is -0.889. The molecule has 8 nitrogen and oxygen atoms in total. The van der Waals surface area contributed by atoms with Crippen molar-refractivity contribution in [3.05, 3.63) is 72.9 Å². The molecule has 0 aliphatic heterocycles. The first-order valence-electron chi connectivity index (χ1n) is 24.5. The fourth-order valence-corrected chi connectivity index (χ4v) is 6.86.